The number of allylic oxidation sites excluding steroid dienone is 4. The molecule has 1 heterocycles. The summed E-state index contributed by atoms with van der Waals surface area (Å²) in [4.78, 5) is 4.51. The van der Waals surface area contributed by atoms with Crippen LogP contribution in [-0.2, 0) is 0 Å². The highest BCUT2D eigenvalue weighted by Crippen LogP contribution is 2.37. The van der Waals surface area contributed by atoms with Crippen molar-refractivity contribution in [2.24, 2.45) is 0 Å². The molecule has 2 aliphatic rings. The van der Waals surface area contributed by atoms with Crippen LogP contribution in [0.15, 0.2) is 93.7 Å². The van der Waals surface area contributed by atoms with Gasteiger partial charge in [-0.05, 0) is 36.3 Å². The summed E-state index contributed by atoms with van der Waals surface area (Å²) in [5.74, 6) is 0. The van der Waals surface area contributed by atoms with E-state index >= 15 is 0 Å². The summed E-state index contributed by atoms with van der Waals surface area (Å²) in [6.07, 6.45) is 10.3. The predicted octanol–water partition coefficient (Wildman–Crippen LogP) is 4.97. The van der Waals surface area contributed by atoms with Crippen LogP contribution in [0.5, 0.6) is 0 Å². The van der Waals surface area contributed by atoms with Crippen LogP contribution in [-0.4, -0.2) is 11.9 Å². The maximum Gasteiger partial charge on any atom is 0.0580 e. The number of nitrogens with zero attached hydrogens (tertiary/aromatic N) is 1. The van der Waals surface area contributed by atoms with E-state index in [4.69, 9.17) is 0 Å². The monoisotopic (exact) mass is 291 g/mol. The molecule has 0 N–H and O–H groups in total. The zero-order valence-electron chi connectivity index (χ0n) is 12.3. The van der Waals surface area contributed by atoms with Crippen molar-refractivity contribution >= 4 is 11.8 Å². The van der Waals surface area contributed by atoms with Crippen molar-refractivity contribution in [3.8, 4) is 0 Å². The van der Waals surface area contributed by atoms with E-state index in [1.54, 1.807) is 11.8 Å². The third kappa shape index (κ3) is 2.82. The lowest BCUT2D eigenvalue weighted by molar-refractivity contribution is 0.582. The van der Waals surface area contributed by atoms with Gasteiger partial charge in [0, 0.05) is 23.7 Å². The van der Waals surface area contributed by atoms with Crippen molar-refractivity contribution in [3.63, 3.8) is 0 Å². The number of thioether (sulfide) groups is 1. The Labute approximate surface area is 130 Å². The largest absolute Gasteiger partial charge is 0.350 e. The molecular weight excluding hydrogens is 274 g/mol. The average molecular weight is 291 g/mol. The van der Waals surface area contributed by atoms with E-state index in [1.165, 1.54) is 10.5 Å². The molecule has 0 saturated carbocycles. The molecule has 2 heteroatoms. The van der Waals surface area contributed by atoms with Gasteiger partial charge in [-0.1, -0.05) is 54.4 Å². The van der Waals surface area contributed by atoms with Crippen LogP contribution < -0.4 is 0 Å². The predicted molar refractivity (Wildman–Crippen MR) is 90.8 cm³/mol. The van der Waals surface area contributed by atoms with E-state index in [9.17, 15) is 0 Å². The topological polar surface area (TPSA) is 3.24 Å². The second-order valence-electron chi connectivity index (χ2n) is 5.10. The van der Waals surface area contributed by atoms with Gasteiger partial charge in [-0.2, -0.15) is 0 Å². The first-order chi connectivity index (χ1) is 10.1. The lowest BCUT2D eigenvalue weighted by atomic mass is 10.1. The second kappa shape index (κ2) is 5.69. The van der Waals surface area contributed by atoms with Crippen molar-refractivity contribution in [1.82, 2.24) is 4.90 Å². The first-order valence-electron chi connectivity index (χ1n) is 6.88. The highest BCUT2D eigenvalue weighted by molar-refractivity contribution is 8.03. The molecule has 0 spiro atoms. The zero-order chi connectivity index (χ0) is 14.8. The van der Waals surface area contributed by atoms with Crippen LogP contribution in [0, 0.1) is 6.92 Å². The maximum absolute atomic E-state index is 4.14. The van der Waals surface area contributed by atoms with Gasteiger partial charge in [0.1, 0.15) is 0 Å². The lowest BCUT2D eigenvalue weighted by Crippen LogP contribution is -2.12. The minimum Gasteiger partial charge on any atom is -0.350 e. The van der Waals surface area contributed by atoms with E-state index in [1.807, 2.05) is 18.2 Å². The molecular formula is C19H17NS. The summed E-state index contributed by atoms with van der Waals surface area (Å²) >= 11 is 1.75. The Morgan fingerprint density at radius 3 is 2.81 bits per heavy atom. The molecule has 104 valence electrons. The minimum absolute atomic E-state index is 0.998. The van der Waals surface area contributed by atoms with Gasteiger partial charge in [-0.3, -0.25) is 0 Å². The van der Waals surface area contributed by atoms with Gasteiger partial charge in [0.25, 0.3) is 0 Å². The molecule has 0 saturated heterocycles. The molecule has 0 atom stereocenters. The maximum atomic E-state index is 4.14. The standard InChI is InChI=1S/C19H17NS/c1-14-8-6-7-11-20(3)18-13-16(12-17(14)18)21-19-10-5-4-9-15(19)2/h4-11,13H,1H2,2-3H3/b8-6-,11-7-. The molecule has 3 rings (SSSR count). The number of rotatable bonds is 2. The van der Waals surface area contributed by atoms with Gasteiger partial charge < -0.3 is 4.90 Å². The van der Waals surface area contributed by atoms with E-state index in [2.05, 4.69) is 67.7 Å². The number of hydrogen-bond donors (Lipinski definition) is 0. The van der Waals surface area contributed by atoms with Crippen LogP contribution in [0.4, 0.5) is 0 Å². The van der Waals surface area contributed by atoms with Gasteiger partial charge in [0.2, 0.25) is 0 Å². The quantitative estimate of drug-likeness (QED) is 0.708. The van der Waals surface area contributed by atoms with Crippen molar-refractivity contribution in [3.05, 3.63) is 94.4 Å². The van der Waals surface area contributed by atoms with Gasteiger partial charge in [-0.25, -0.2) is 0 Å². The molecule has 1 aromatic rings. The highest BCUT2D eigenvalue weighted by Gasteiger charge is 2.18. The smallest absolute Gasteiger partial charge is 0.0580 e. The van der Waals surface area contributed by atoms with E-state index in [-0.39, 0.29) is 0 Å². The van der Waals surface area contributed by atoms with Crippen LogP contribution in [0.2, 0.25) is 0 Å². The molecule has 1 aliphatic heterocycles. The fourth-order valence-electron chi connectivity index (χ4n) is 2.30. The van der Waals surface area contributed by atoms with E-state index < -0.39 is 0 Å². The molecule has 0 fully saturated rings. The molecule has 0 unspecified atom stereocenters. The normalized spacial score (nSPS) is 20.0. The number of aryl methyl sites for hydroxylation is 1. The zero-order valence-corrected chi connectivity index (χ0v) is 13.1. The Morgan fingerprint density at radius 1 is 1.19 bits per heavy atom. The molecule has 0 aromatic heterocycles. The van der Waals surface area contributed by atoms with Crippen LogP contribution in [0.25, 0.3) is 0 Å². The fourth-order valence-corrected chi connectivity index (χ4v) is 3.24. The van der Waals surface area contributed by atoms with Gasteiger partial charge in [-0.15, -0.1) is 0 Å². The summed E-state index contributed by atoms with van der Waals surface area (Å²) in [7, 11) is 2.05. The molecule has 0 radical (unpaired) electrons. The van der Waals surface area contributed by atoms with Crippen molar-refractivity contribution in [2.45, 2.75) is 11.8 Å². The Balaban J connectivity index is 1.98. The van der Waals surface area contributed by atoms with Gasteiger partial charge >= 0.3 is 0 Å². The van der Waals surface area contributed by atoms with Crippen molar-refractivity contribution in [2.75, 3.05) is 7.05 Å². The SMILES string of the molecule is C=C1/C=C\C=C/N(C)C2=CC(Sc3ccccc3C)=C=C12. The Morgan fingerprint density at radius 2 is 2.00 bits per heavy atom. The van der Waals surface area contributed by atoms with Crippen LogP contribution in [0.1, 0.15) is 5.56 Å². The summed E-state index contributed by atoms with van der Waals surface area (Å²) in [6, 6.07) is 8.43. The van der Waals surface area contributed by atoms with E-state index in [0.717, 1.165) is 21.7 Å². The minimum atomic E-state index is 0.998. The summed E-state index contributed by atoms with van der Waals surface area (Å²) in [5.41, 5.74) is 8.01. The third-order valence-corrected chi connectivity index (χ3v) is 4.62. The Kier molecular flexibility index (Phi) is 3.74. The number of fused-ring (bicyclic) bond motifs is 1. The summed E-state index contributed by atoms with van der Waals surface area (Å²) < 4.78 is 0. The Hall–Kier alpha value is -2.15. The summed E-state index contributed by atoms with van der Waals surface area (Å²) in [6.45, 7) is 6.28. The first kappa shape index (κ1) is 13.8. The van der Waals surface area contributed by atoms with Gasteiger partial charge in [0.15, 0.2) is 0 Å². The lowest BCUT2D eigenvalue weighted by Gasteiger charge is -2.19. The Bertz CT molecular complexity index is 756. The van der Waals surface area contributed by atoms with Gasteiger partial charge in [0.05, 0.1) is 10.6 Å². The molecule has 0 bridgehead atoms. The van der Waals surface area contributed by atoms with E-state index in [0.29, 0.717) is 0 Å². The summed E-state index contributed by atoms with van der Waals surface area (Å²) in [5, 5.41) is 0. The van der Waals surface area contributed by atoms with Crippen molar-refractivity contribution < 1.29 is 0 Å². The van der Waals surface area contributed by atoms with Crippen molar-refractivity contribution in [1.29, 1.82) is 0 Å². The molecule has 1 nitrogen and oxygen atoms in total. The molecule has 1 aromatic carbocycles. The number of likely N-dealkylation sites (N-methyl/N-ethyl adjacent to an activating group) is 1. The third-order valence-electron chi connectivity index (χ3n) is 3.50. The average Bonchev–Trinajstić information content (AvgIpc) is 2.88. The number of benzene rings is 1. The molecule has 1 aliphatic carbocycles. The highest BCUT2D eigenvalue weighted by atomic mass is 32.2. The molecule has 21 heavy (non-hydrogen) atoms. The number of hydrogen-bond acceptors (Lipinski definition) is 2. The first-order valence-corrected chi connectivity index (χ1v) is 7.70. The molecule has 0 amide bonds. The second-order valence-corrected chi connectivity index (χ2v) is 6.18. The van der Waals surface area contributed by atoms with Crippen LogP contribution >= 0.6 is 11.8 Å². The van der Waals surface area contributed by atoms with Crippen LogP contribution in [0.3, 0.4) is 0 Å². The fraction of sp³-hybridized carbons (Fsp3) is 0.105.